The fourth-order valence-corrected chi connectivity index (χ4v) is 2.40. The minimum Gasteiger partial charge on any atom is -0.349 e. The van der Waals surface area contributed by atoms with Crippen molar-refractivity contribution in [3.63, 3.8) is 0 Å². The van der Waals surface area contributed by atoms with Gasteiger partial charge in [0, 0.05) is 38.8 Å². The van der Waals surface area contributed by atoms with Gasteiger partial charge in [-0.1, -0.05) is 18.1 Å². The minimum absolute atomic E-state index is 0.141. The molecule has 1 fully saturated rings. The summed E-state index contributed by atoms with van der Waals surface area (Å²) in [7, 11) is 3.56. The molecule has 1 saturated carbocycles. The van der Waals surface area contributed by atoms with Crippen LogP contribution in [0.2, 0.25) is 0 Å². The fourth-order valence-electron chi connectivity index (χ4n) is 2.40. The lowest BCUT2D eigenvalue weighted by atomic mass is 9.94. The van der Waals surface area contributed by atoms with Gasteiger partial charge in [0.1, 0.15) is 0 Å². The van der Waals surface area contributed by atoms with Gasteiger partial charge < -0.3 is 4.90 Å². The lowest BCUT2D eigenvalue weighted by Crippen LogP contribution is -2.22. The van der Waals surface area contributed by atoms with Crippen molar-refractivity contribution in [2.75, 3.05) is 14.1 Å². The largest absolute Gasteiger partial charge is 0.349 e. The molecule has 1 aromatic rings. The number of aromatic nitrogens is 2. The van der Waals surface area contributed by atoms with Crippen LogP contribution in [0.25, 0.3) is 6.08 Å². The highest BCUT2D eigenvalue weighted by Gasteiger charge is 2.07. The number of amides is 1. The Bertz CT molecular complexity index is 452. The first kappa shape index (κ1) is 13.8. The van der Waals surface area contributed by atoms with E-state index in [-0.39, 0.29) is 5.91 Å². The number of carbonyl (C=O) groups is 1. The second-order valence-electron chi connectivity index (χ2n) is 5.44. The van der Waals surface area contributed by atoms with Gasteiger partial charge in [0.15, 0.2) is 0 Å². The molecule has 2 rings (SSSR count). The smallest absolute Gasteiger partial charge is 0.223 e. The molecular formula is C15H23N3O. The zero-order valence-electron chi connectivity index (χ0n) is 11.9. The zero-order chi connectivity index (χ0) is 13.7. The predicted molar refractivity (Wildman–Crippen MR) is 76.6 cm³/mol. The molecule has 4 nitrogen and oxygen atoms in total. The quantitative estimate of drug-likeness (QED) is 0.836. The van der Waals surface area contributed by atoms with E-state index in [0.29, 0.717) is 13.0 Å². The molecule has 1 aliphatic rings. The Labute approximate surface area is 115 Å². The summed E-state index contributed by atoms with van der Waals surface area (Å²) < 4.78 is 1.86. The van der Waals surface area contributed by atoms with Crippen molar-refractivity contribution in [1.29, 1.82) is 0 Å². The Morgan fingerprint density at radius 1 is 1.37 bits per heavy atom. The molecule has 0 saturated heterocycles. The summed E-state index contributed by atoms with van der Waals surface area (Å²) >= 11 is 0. The van der Waals surface area contributed by atoms with Crippen LogP contribution in [-0.2, 0) is 11.3 Å². The zero-order valence-corrected chi connectivity index (χ0v) is 11.9. The van der Waals surface area contributed by atoms with Crippen molar-refractivity contribution in [1.82, 2.24) is 14.7 Å². The van der Waals surface area contributed by atoms with Gasteiger partial charge in [-0.3, -0.25) is 9.48 Å². The van der Waals surface area contributed by atoms with E-state index in [0.717, 1.165) is 5.56 Å². The van der Waals surface area contributed by atoms with E-state index < -0.39 is 0 Å². The summed E-state index contributed by atoms with van der Waals surface area (Å²) in [5, 5.41) is 4.31. The van der Waals surface area contributed by atoms with Crippen LogP contribution in [0.15, 0.2) is 18.0 Å². The maximum Gasteiger partial charge on any atom is 0.223 e. The molecule has 1 amide bonds. The lowest BCUT2D eigenvalue weighted by molar-refractivity contribution is -0.128. The van der Waals surface area contributed by atoms with Crippen LogP contribution in [0.5, 0.6) is 0 Å². The maximum absolute atomic E-state index is 11.5. The molecule has 1 aliphatic carbocycles. The molecule has 0 N–H and O–H groups in total. The van der Waals surface area contributed by atoms with Crippen molar-refractivity contribution in [2.45, 2.75) is 45.1 Å². The SMILES string of the molecule is CN(C)C(=O)CCn1cc(C=C2CCCCC2)cn1. The highest BCUT2D eigenvalue weighted by Crippen LogP contribution is 2.24. The van der Waals surface area contributed by atoms with Crippen molar-refractivity contribution in [3.05, 3.63) is 23.5 Å². The molecule has 104 valence electrons. The number of hydrogen-bond donors (Lipinski definition) is 0. The summed E-state index contributed by atoms with van der Waals surface area (Å²) in [6.45, 7) is 0.653. The van der Waals surface area contributed by atoms with Gasteiger partial charge in [-0.2, -0.15) is 5.10 Å². The monoisotopic (exact) mass is 261 g/mol. The molecule has 0 unspecified atom stereocenters. The van der Waals surface area contributed by atoms with Crippen LogP contribution in [0.4, 0.5) is 0 Å². The molecule has 0 radical (unpaired) electrons. The van der Waals surface area contributed by atoms with Crippen LogP contribution in [-0.4, -0.2) is 34.7 Å². The highest BCUT2D eigenvalue weighted by molar-refractivity contribution is 5.75. The number of hydrogen-bond acceptors (Lipinski definition) is 2. The summed E-state index contributed by atoms with van der Waals surface area (Å²) in [5.41, 5.74) is 2.70. The van der Waals surface area contributed by atoms with E-state index in [4.69, 9.17) is 0 Å². The molecule has 1 aromatic heterocycles. The second-order valence-corrected chi connectivity index (χ2v) is 5.44. The Morgan fingerprint density at radius 3 is 2.79 bits per heavy atom. The summed E-state index contributed by atoms with van der Waals surface area (Å²) in [6, 6.07) is 0. The third kappa shape index (κ3) is 4.23. The summed E-state index contributed by atoms with van der Waals surface area (Å²) in [6.07, 6.45) is 13.1. The van der Waals surface area contributed by atoms with Crippen molar-refractivity contribution in [2.24, 2.45) is 0 Å². The molecule has 0 aliphatic heterocycles. The Hall–Kier alpha value is -1.58. The fraction of sp³-hybridized carbons (Fsp3) is 0.600. The van der Waals surface area contributed by atoms with Crippen LogP contribution >= 0.6 is 0 Å². The van der Waals surface area contributed by atoms with Crippen molar-refractivity contribution in [3.8, 4) is 0 Å². The lowest BCUT2D eigenvalue weighted by Gasteiger charge is -2.12. The average molecular weight is 261 g/mol. The van der Waals surface area contributed by atoms with Gasteiger partial charge in [-0.05, 0) is 25.7 Å². The number of rotatable bonds is 4. The molecule has 0 aromatic carbocycles. The van der Waals surface area contributed by atoms with E-state index in [1.54, 1.807) is 19.0 Å². The molecule has 0 atom stereocenters. The van der Waals surface area contributed by atoms with Gasteiger partial charge in [-0.25, -0.2) is 0 Å². The molecule has 0 bridgehead atoms. The van der Waals surface area contributed by atoms with Crippen LogP contribution in [0, 0.1) is 0 Å². The summed E-state index contributed by atoms with van der Waals surface area (Å²) in [4.78, 5) is 13.1. The third-order valence-electron chi connectivity index (χ3n) is 3.57. The minimum atomic E-state index is 0.141. The second kappa shape index (κ2) is 6.55. The van der Waals surface area contributed by atoms with Crippen LogP contribution in [0.3, 0.4) is 0 Å². The van der Waals surface area contributed by atoms with Crippen molar-refractivity contribution >= 4 is 12.0 Å². The highest BCUT2D eigenvalue weighted by atomic mass is 16.2. The maximum atomic E-state index is 11.5. The predicted octanol–water partition coefficient (Wildman–Crippen LogP) is 2.71. The van der Waals surface area contributed by atoms with E-state index in [2.05, 4.69) is 11.2 Å². The third-order valence-corrected chi connectivity index (χ3v) is 3.57. The Kier molecular flexibility index (Phi) is 4.77. The molecule has 1 heterocycles. The average Bonchev–Trinajstić information content (AvgIpc) is 2.84. The molecule has 4 heteroatoms. The number of allylic oxidation sites excluding steroid dienone is 1. The van der Waals surface area contributed by atoms with Gasteiger partial charge in [0.25, 0.3) is 0 Å². The van der Waals surface area contributed by atoms with E-state index >= 15 is 0 Å². The number of nitrogens with zero attached hydrogens (tertiary/aromatic N) is 3. The normalized spacial score (nSPS) is 15.4. The Balaban J connectivity index is 1.90. The van der Waals surface area contributed by atoms with Gasteiger partial charge in [0.2, 0.25) is 5.91 Å². The number of aryl methyl sites for hydroxylation is 1. The molecule has 0 spiro atoms. The number of carbonyl (C=O) groups excluding carboxylic acids is 1. The van der Waals surface area contributed by atoms with Gasteiger partial charge in [0.05, 0.1) is 6.20 Å². The van der Waals surface area contributed by atoms with E-state index in [1.165, 1.54) is 37.7 Å². The van der Waals surface area contributed by atoms with E-state index in [1.807, 2.05) is 17.1 Å². The summed E-state index contributed by atoms with van der Waals surface area (Å²) in [5.74, 6) is 0.141. The molecular weight excluding hydrogens is 238 g/mol. The van der Waals surface area contributed by atoms with Crippen LogP contribution < -0.4 is 0 Å². The first-order valence-corrected chi connectivity index (χ1v) is 7.07. The first-order chi connectivity index (χ1) is 9.15. The molecule has 19 heavy (non-hydrogen) atoms. The van der Waals surface area contributed by atoms with Crippen LogP contribution in [0.1, 0.15) is 44.1 Å². The topological polar surface area (TPSA) is 38.1 Å². The first-order valence-electron chi connectivity index (χ1n) is 7.07. The van der Waals surface area contributed by atoms with Gasteiger partial charge >= 0.3 is 0 Å². The van der Waals surface area contributed by atoms with Gasteiger partial charge in [-0.15, -0.1) is 0 Å². The van der Waals surface area contributed by atoms with E-state index in [9.17, 15) is 4.79 Å². The standard InChI is InChI=1S/C15H23N3O/c1-17(2)15(19)8-9-18-12-14(11-16-18)10-13-6-4-3-5-7-13/h10-12H,3-9H2,1-2H3. The van der Waals surface area contributed by atoms with Crippen molar-refractivity contribution < 1.29 is 4.79 Å². The Morgan fingerprint density at radius 2 is 2.11 bits per heavy atom.